The summed E-state index contributed by atoms with van der Waals surface area (Å²) in [6.45, 7) is 0. The SMILES string of the molecule is c1ccc(-c2ccc(-c3ccccc3N(c3ccc(-c4cccc5ccccc45)cc3)c3ccccc3-c3cccc4c3oc3c5ccccc5ccc43)cc2)cc1. The lowest BCUT2D eigenvalue weighted by Gasteiger charge is -2.30. The average Bonchev–Trinajstić information content (AvgIpc) is 3.70. The van der Waals surface area contributed by atoms with Gasteiger partial charge in [-0.2, -0.15) is 0 Å². The fourth-order valence-corrected chi connectivity index (χ4v) is 8.70. The molecule has 0 radical (unpaired) electrons. The number of para-hydroxylation sites is 3. The van der Waals surface area contributed by atoms with Crippen molar-refractivity contribution in [3.05, 3.63) is 224 Å². The second-order valence-electron chi connectivity index (χ2n) is 14.8. The Balaban J connectivity index is 1.11. The molecule has 2 heteroatoms. The monoisotopic (exact) mass is 739 g/mol. The number of furan rings is 1. The van der Waals surface area contributed by atoms with Gasteiger partial charge in [-0.1, -0.05) is 194 Å². The third kappa shape index (κ3) is 5.74. The molecule has 272 valence electrons. The van der Waals surface area contributed by atoms with Crippen molar-refractivity contribution in [3.8, 4) is 44.5 Å². The number of benzene rings is 10. The van der Waals surface area contributed by atoms with Crippen LogP contribution in [-0.2, 0) is 0 Å². The predicted octanol–water partition coefficient (Wildman–Crippen LogP) is 16.0. The molecule has 0 fully saturated rings. The Bertz CT molecular complexity index is 3260. The van der Waals surface area contributed by atoms with E-state index in [0.717, 1.165) is 66.6 Å². The van der Waals surface area contributed by atoms with Gasteiger partial charge < -0.3 is 9.32 Å². The summed E-state index contributed by atoms with van der Waals surface area (Å²) in [7, 11) is 0. The van der Waals surface area contributed by atoms with E-state index in [4.69, 9.17) is 4.42 Å². The van der Waals surface area contributed by atoms with Crippen LogP contribution in [0.5, 0.6) is 0 Å². The van der Waals surface area contributed by atoms with E-state index in [1.807, 2.05) is 0 Å². The normalized spacial score (nSPS) is 11.4. The molecule has 10 aromatic carbocycles. The van der Waals surface area contributed by atoms with Crippen molar-refractivity contribution in [2.75, 3.05) is 4.90 Å². The van der Waals surface area contributed by atoms with Crippen LogP contribution in [-0.4, -0.2) is 0 Å². The summed E-state index contributed by atoms with van der Waals surface area (Å²) in [4.78, 5) is 2.42. The van der Waals surface area contributed by atoms with Gasteiger partial charge in [0.05, 0.1) is 11.4 Å². The van der Waals surface area contributed by atoms with Crippen LogP contribution in [0.3, 0.4) is 0 Å². The Kier molecular flexibility index (Phi) is 8.19. The van der Waals surface area contributed by atoms with E-state index in [0.29, 0.717) is 0 Å². The van der Waals surface area contributed by atoms with Gasteiger partial charge in [-0.05, 0) is 74.3 Å². The van der Waals surface area contributed by atoms with Crippen LogP contribution in [0.15, 0.2) is 229 Å². The van der Waals surface area contributed by atoms with Crippen molar-refractivity contribution in [2.24, 2.45) is 0 Å². The first-order valence-electron chi connectivity index (χ1n) is 19.8. The molecule has 2 nitrogen and oxygen atoms in total. The van der Waals surface area contributed by atoms with Crippen LogP contribution in [0.25, 0.3) is 88.0 Å². The van der Waals surface area contributed by atoms with E-state index in [2.05, 4.69) is 229 Å². The largest absolute Gasteiger partial charge is 0.455 e. The molecular formula is C56H37NO. The van der Waals surface area contributed by atoms with E-state index < -0.39 is 0 Å². The number of hydrogen-bond donors (Lipinski definition) is 0. The maximum atomic E-state index is 6.92. The van der Waals surface area contributed by atoms with Gasteiger partial charge in [0.1, 0.15) is 11.2 Å². The van der Waals surface area contributed by atoms with Crippen molar-refractivity contribution in [1.29, 1.82) is 0 Å². The highest BCUT2D eigenvalue weighted by Gasteiger charge is 2.23. The molecule has 58 heavy (non-hydrogen) atoms. The quantitative estimate of drug-likeness (QED) is 0.162. The average molecular weight is 740 g/mol. The van der Waals surface area contributed by atoms with Crippen LogP contribution in [0.2, 0.25) is 0 Å². The van der Waals surface area contributed by atoms with Gasteiger partial charge in [0.15, 0.2) is 0 Å². The van der Waals surface area contributed by atoms with Crippen molar-refractivity contribution in [1.82, 2.24) is 0 Å². The summed E-state index contributed by atoms with van der Waals surface area (Å²) in [5, 5.41) is 7.00. The smallest absolute Gasteiger partial charge is 0.143 e. The Labute approximate surface area is 337 Å². The Morgan fingerprint density at radius 3 is 1.53 bits per heavy atom. The third-order valence-corrected chi connectivity index (χ3v) is 11.5. The van der Waals surface area contributed by atoms with Crippen molar-refractivity contribution in [3.63, 3.8) is 0 Å². The summed E-state index contributed by atoms with van der Waals surface area (Å²) >= 11 is 0. The van der Waals surface area contributed by atoms with E-state index in [1.165, 1.54) is 38.4 Å². The van der Waals surface area contributed by atoms with E-state index >= 15 is 0 Å². The van der Waals surface area contributed by atoms with Gasteiger partial charge in [0.2, 0.25) is 0 Å². The number of nitrogens with zero attached hydrogens (tertiary/aromatic N) is 1. The molecule has 1 heterocycles. The number of fused-ring (bicyclic) bond motifs is 6. The highest BCUT2D eigenvalue weighted by molar-refractivity contribution is 6.17. The Morgan fingerprint density at radius 2 is 0.741 bits per heavy atom. The Morgan fingerprint density at radius 1 is 0.259 bits per heavy atom. The third-order valence-electron chi connectivity index (χ3n) is 11.5. The van der Waals surface area contributed by atoms with Crippen LogP contribution in [0.4, 0.5) is 17.1 Å². The highest BCUT2D eigenvalue weighted by atomic mass is 16.3. The molecule has 1 aromatic heterocycles. The topological polar surface area (TPSA) is 16.4 Å². The van der Waals surface area contributed by atoms with Crippen LogP contribution in [0, 0.1) is 0 Å². The fourth-order valence-electron chi connectivity index (χ4n) is 8.70. The zero-order valence-corrected chi connectivity index (χ0v) is 31.7. The molecule has 0 spiro atoms. The molecule has 11 aromatic rings. The zero-order valence-electron chi connectivity index (χ0n) is 31.7. The standard InChI is InChI=1S/C56H37NO/c1-2-14-38(15-3-1)39-28-30-43(31-29-39)47-20-8-10-26-53(47)57(44-35-32-42(33-36-44)46-23-12-18-40-16-4-6-19-45(40)46)54-27-11-9-22-49(54)50-24-13-25-51-52-37-34-41-17-5-7-21-48(41)55(52)58-56(50)51/h1-37H. The van der Waals surface area contributed by atoms with E-state index in [-0.39, 0.29) is 0 Å². The van der Waals surface area contributed by atoms with Gasteiger partial charge in [0, 0.05) is 38.5 Å². The first-order chi connectivity index (χ1) is 28.8. The predicted molar refractivity (Wildman–Crippen MR) is 245 cm³/mol. The molecule has 0 atom stereocenters. The first-order valence-corrected chi connectivity index (χ1v) is 19.8. The van der Waals surface area contributed by atoms with Gasteiger partial charge in [-0.15, -0.1) is 0 Å². The van der Waals surface area contributed by atoms with Crippen molar-refractivity contribution < 1.29 is 4.42 Å². The van der Waals surface area contributed by atoms with E-state index in [1.54, 1.807) is 0 Å². The zero-order chi connectivity index (χ0) is 38.4. The second-order valence-corrected chi connectivity index (χ2v) is 14.8. The molecule has 11 rings (SSSR count). The minimum Gasteiger partial charge on any atom is -0.455 e. The molecule has 0 saturated carbocycles. The van der Waals surface area contributed by atoms with Gasteiger partial charge in [-0.25, -0.2) is 0 Å². The molecule has 0 aliphatic heterocycles. The number of hydrogen-bond acceptors (Lipinski definition) is 2. The minimum absolute atomic E-state index is 0.886. The second kappa shape index (κ2) is 14.1. The highest BCUT2D eigenvalue weighted by Crippen LogP contribution is 2.47. The molecule has 0 aliphatic rings. The fraction of sp³-hybridized carbons (Fsp3) is 0. The van der Waals surface area contributed by atoms with Gasteiger partial charge in [0.25, 0.3) is 0 Å². The molecule has 0 amide bonds. The molecule has 0 unspecified atom stereocenters. The maximum absolute atomic E-state index is 6.92. The van der Waals surface area contributed by atoms with Crippen LogP contribution in [0.1, 0.15) is 0 Å². The molecule has 0 saturated heterocycles. The van der Waals surface area contributed by atoms with Crippen LogP contribution >= 0.6 is 0 Å². The number of anilines is 3. The summed E-state index contributed by atoms with van der Waals surface area (Å²) < 4.78 is 6.92. The molecule has 0 N–H and O–H groups in total. The lowest BCUT2D eigenvalue weighted by atomic mass is 9.95. The number of rotatable bonds is 7. The van der Waals surface area contributed by atoms with Crippen LogP contribution < -0.4 is 4.90 Å². The maximum Gasteiger partial charge on any atom is 0.143 e. The summed E-state index contributed by atoms with van der Waals surface area (Å²) in [5.74, 6) is 0. The van der Waals surface area contributed by atoms with Gasteiger partial charge in [-0.3, -0.25) is 0 Å². The Hall–Kier alpha value is -7.68. The van der Waals surface area contributed by atoms with Crippen molar-refractivity contribution in [2.45, 2.75) is 0 Å². The minimum atomic E-state index is 0.886. The molecule has 0 aliphatic carbocycles. The molecular weight excluding hydrogens is 703 g/mol. The summed E-state index contributed by atoms with van der Waals surface area (Å²) in [6, 6.07) is 80.6. The lowest BCUT2D eigenvalue weighted by Crippen LogP contribution is -2.12. The van der Waals surface area contributed by atoms with Gasteiger partial charge >= 0.3 is 0 Å². The van der Waals surface area contributed by atoms with E-state index in [9.17, 15) is 0 Å². The summed E-state index contributed by atoms with van der Waals surface area (Å²) in [5.41, 5.74) is 14.2. The molecule has 0 bridgehead atoms. The lowest BCUT2D eigenvalue weighted by molar-refractivity contribution is 0.674. The van der Waals surface area contributed by atoms with Crippen molar-refractivity contribution >= 4 is 60.5 Å². The first kappa shape index (κ1) is 33.6. The summed E-state index contributed by atoms with van der Waals surface area (Å²) in [6.07, 6.45) is 0.